The van der Waals surface area contributed by atoms with Gasteiger partial charge in [-0.2, -0.15) is 0 Å². The van der Waals surface area contributed by atoms with Gasteiger partial charge in [0.15, 0.2) is 0 Å². The van der Waals surface area contributed by atoms with E-state index in [4.69, 9.17) is 17.2 Å². The number of benzene rings is 3. The number of anilines is 2. The predicted octanol–water partition coefficient (Wildman–Crippen LogP) is 1.96. The van der Waals surface area contributed by atoms with Crippen molar-refractivity contribution in [3.05, 3.63) is 84.8 Å². The number of nitrogens with zero attached hydrogens (tertiary/aromatic N) is 1. The number of rotatable bonds is 7. The van der Waals surface area contributed by atoms with Gasteiger partial charge in [-0.1, -0.05) is 6.07 Å². The molecule has 4 rings (SSSR count). The van der Waals surface area contributed by atoms with Gasteiger partial charge in [-0.3, -0.25) is 4.79 Å². The molecule has 0 bridgehead atoms. The van der Waals surface area contributed by atoms with Crippen LogP contribution in [0, 0.1) is 5.82 Å². The molecule has 222 valence electrons. The Labute approximate surface area is 239 Å². The maximum absolute atomic E-state index is 13.8. The number of nitrogen functional groups attached to an aromatic ring is 1. The predicted molar refractivity (Wildman–Crippen MR) is 152 cm³/mol. The van der Waals surface area contributed by atoms with Crippen LogP contribution in [0.5, 0.6) is 0 Å². The van der Waals surface area contributed by atoms with Crippen molar-refractivity contribution in [2.24, 2.45) is 11.5 Å². The van der Waals surface area contributed by atoms with Crippen LogP contribution in [-0.4, -0.2) is 39.4 Å². The summed E-state index contributed by atoms with van der Waals surface area (Å²) in [6.45, 7) is 1.66. The fraction of sp³-hybridized carbons (Fsp3) is 0.0800. The highest BCUT2D eigenvalue weighted by Gasteiger charge is 2.19. The molecule has 0 spiro atoms. The second-order valence-electron chi connectivity index (χ2n) is 8.59. The highest BCUT2D eigenvalue weighted by atomic mass is 32.2. The van der Waals surface area contributed by atoms with Crippen molar-refractivity contribution >= 4 is 60.3 Å². The van der Waals surface area contributed by atoms with Crippen LogP contribution in [-0.2, 0) is 24.8 Å². The van der Waals surface area contributed by atoms with Gasteiger partial charge in [-0.05, 0) is 73.7 Å². The SMILES string of the molecule is C[C@H](C(=O)Nc1ccc(S(=O)(=O)NC(N)=O)cc1)n1ccc2c(F)cccc21.NC(=O)NS(=O)(=O)c1ccc(N)cc1. The number of sulfonamides is 2. The first kappa shape index (κ1) is 31.4. The van der Waals surface area contributed by atoms with E-state index >= 15 is 0 Å². The fourth-order valence-electron chi connectivity index (χ4n) is 3.61. The minimum absolute atomic E-state index is 0.0644. The lowest BCUT2D eigenvalue weighted by Gasteiger charge is -2.16. The first-order chi connectivity index (χ1) is 19.6. The molecule has 1 atom stereocenters. The molecule has 17 heteroatoms. The van der Waals surface area contributed by atoms with Gasteiger partial charge in [-0.15, -0.1) is 0 Å². The van der Waals surface area contributed by atoms with Crippen molar-refractivity contribution in [3.8, 4) is 0 Å². The number of nitrogens with one attached hydrogen (secondary N) is 3. The van der Waals surface area contributed by atoms with E-state index < -0.39 is 38.2 Å². The minimum atomic E-state index is -4.06. The van der Waals surface area contributed by atoms with Crippen LogP contribution in [0.15, 0.2) is 88.8 Å². The maximum atomic E-state index is 13.8. The molecule has 0 aliphatic heterocycles. The summed E-state index contributed by atoms with van der Waals surface area (Å²) in [7, 11) is -7.92. The Balaban J connectivity index is 0.000000291. The summed E-state index contributed by atoms with van der Waals surface area (Å²) < 4.78 is 65.1. The van der Waals surface area contributed by atoms with Crippen LogP contribution >= 0.6 is 0 Å². The van der Waals surface area contributed by atoms with Crippen LogP contribution in [0.4, 0.5) is 25.4 Å². The molecule has 9 N–H and O–H groups in total. The van der Waals surface area contributed by atoms with E-state index in [1.54, 1.807) is 45.3 Å². The monoisotopic (exact) mass is 619 g/mol. The Morgan fingerprint density at radius 3 is 1.79 bits per heavy atom. The number of fused-ring (bicyclic) bond motifs is 1. The topological polar surface area (TPSA) is 239 Å². The molecule has 0 saturated carbocycles. The third-order valence-electron chi connectivity index (χ3n) is 5.60. The van der Waals surface area contributed by atoms with E-state index in [2.05, 4.69) is 5.32 Å². The van der Waals surface area contributed by atoms with E-state index in [9.17, 15) is 35.6 Å². The number of carbonyl (C=O) groups excluding carboxylic acids is 3. The number of urea groups is 2. The van der Waals surface area contributed by atoms with E-state index in [-0.39, 0.29) is 21.5 Å². The lowest BCUT2D eigenvalue weighted by molar-refractivity contribution is -0.118. The first-order valence-corrected chi connectivity index (χ1v) is 14.7. The first-order valence-electron chi connectivity index (χ1n) is 11.8. The summed E-state index contributed by atoms with van der Waals surface area (Å²) in [5.41, 5.74) is 16.3. The molecule has 4 aromatic rings. The molecule has 0 saturated heterocycles. The zero-order valence-corrected chi connectivity index (χ0v) is 23.4. The van der Waals surface area contributed by atoms with E-state index in [0.717, 1.165) is 0 Å². The number of amides is 5. The van der Waals surface area contributed by atoms with Crippen molar-refractivity contribution in [2.75, 3.05) is 11.1 Å². The number of nitrogens with two attached hydrogens (primary N) is 3. The number of hydrogen-bond donors (Lipinski definition) is 6. The quantitative estimate of drug-likeness (QED) is 0.167. The molecule has 0 radical (unpaired) electrons. The van der Waals surface area contributed by atoms with E-state index in [1.165, 1.54) is 54.6 Å². The largest absolute Gasteiger partial charge is 0.399 e. The van der Waals surface area contributed by atoms with Crippen molar-refractivity contribution in [1.82, 2.24) is 14.0 Å². The van der Waals surface area contributed by atoms with Crippen LogP contribution < -0.4 is 32.0 Å². The standard InChI is InChI=1S/C18H17FN4O4S.C7H9N3O3S/c1-11(23-10-9-14-15(19)3-2-4-16(14)23)17(24)21-12-5-7-13(8-6-12)28(26,27)22-18(20)25;8-5-1-3-6(4-2-5)14(12,13)10-7(9)11/h2-11H,1H3,(H,21,24)(H3,20,22,25);1-4H,8H2,(H3,9,10,11)/t11-;/m1./s1. The lowest BCUT2D eigenvalue weighted by Crippen LogP contribution is -2.34. The van der Waals surface area contributed by atoms with Gasteiger partial charge in [0.05, 0.1) is 15.3 Å². The van der Waals surface area contributed by atoms with Crippen molar-refractivity contribution in [2.45, 2.75) is 22.8 Å². The average Bonchev–Trinajstić information content (AvgIpc) is 3.33. The van der Waals surface area contributed by atoms with Crippen molar-refractivity contribution in [3.63, 3.8) is 0 Å². The van der Waals surface area contributed by atoms with Crippen LogP contribution in [0.2, 0.25) is 0 Å². The highest BCUT2D eigenvalue weighted by molar-refractivity contribution is 7.90. The number of halogens is 1. The molecule has 5 amide bonds. The smallest absolute Gasteiger partial charge is 0.326 e. The Morgan fingerprint density at radius 2 is 1.29 bits per heavy atom. The number of aromatic nitrogens is 1. The lowest BCUT2D eigenvalue weighted by atomic mass is 10.2. The second kappa shape index (κ2) is 12.6. The fourth-order valence-corrected chi connectivity index (χ4v) is 5.36. The average molecular weight is 620 g/mol. The number of carbonyl (C=O) groups is 3. The molecule has 14 nitrogen and oxygen atoms in total. The molecular weight excluding hydrogens is 593 g/mol. The summed E-state index contributed by atoms with van der Waals surface area (Å²) in [5.74, 6) is -0.738. The highest BCUT2D eigenvalue weighted by Crippen LogP contribution is 2.24. The van der Waals surface area contributed by atoms with Gasteiger partial charge in [0.1, 0.15) is 11.9 Å². The molecule has 1 heterocycles. The zero-order valence-electron chi connectivity index (χ0n) is 21.8. The zero-order chi connectivity index (χ0) is 31.2. The Kier molecular flexibility index (Phi) is 9.38. The molecule has 0 aliphatic rings. The molecule has 0 unspecified atom stereocenters. The third kappa shape index (κ3) is 7.73. The Bertz CT molecular complexity index is 1840. The van der Waals surface area contributed by atoms with Crippen LogP contribution in [0.25, 0.3) is 10.9 Å². The molecular formula is C25H26FN7O7S2. The second-order valence-corrected chi connectivity index (χ2v) is 12.0. The van der Waals surface area contributed by atoms with Gasteiger partial charge in [0.2, 0.25) is 5.91 Å². The molecule has 3 aromatic carbocycles. The number of hydrogen-bond acceptors (Lipinski definition) is 8. The summed E-state index contributed by atoms with van der Waals surface area (Å²) in [5, 5.41) is 3.08. The minimum Gasteiger partial charge on any atom is -0.399 e. The summed E-state index contributed by atoms with van der Waals surface area (Å²) in [6.07, 6.45) is 1.63. The van der Waals surface area contributed by atoms with Gasteiger partial charge >= 0.3 is 12.1 Å². The summed E-state index contributed by atoms with van der Waals surface area (Å²) in [4.78, 5) is 33.4. The van der Waals surface area contributed by atoms with Crippen LogP contribution in [0.1, 0.15) is 13.0 Å². The molecule has 0 fully saturated rings. The number of primary amides is 2. The van der Waals surface area contributed by atoms with Crippen molar-refractivity contribution < 1.29 is 35.6 Å². The maximum Gasteiger partial charge on any atom is 0.326 e. The van der Waals surface area contributed by atoms with Crippen LogP contribution in [0.3, 0.4) is 0 Å². The molecule has 1 aromatic heterocycles. The normalized spacial score (nSPS) is 12.0. The van der Waals surface area contributed by atoms with Crippen molar-refractivity contribution in [1.29, 1.82) is 0 Å². The van der Waals surface area contributed by atoms with E-state index in [0.29, 0.717) is 22.3 Å². The Hall–Kier alpha value is -5.16. The third-order valence-corrected chi connectivity index (χ3v) is 8.32. The van der Waals surface area contributed by atoms with Gasteiger partial charge in [-0.25, -0.2) is 40.3 Å². The van der Waals surface area contributed by atoms with Gasteiger partial charge < -0.3 is 27.1 Å². The Morgan fingerprint density at radius 1 is 0.786 bits per heavy atom. The summed E-state index contributed by atoms with van der Waals surface area (Å²) in [6, 6.07) is 13.9. The van der Waals surface area contributed by atoms with Gasteiger partial charge in [0.25, 0.3) is 20.0 Å². The summed E-state index contributed by atoms with van der Waals surface area (Å²) >= 11 is 0. The molecule has 0 aliphatic carbocycles. The van der Waals surface area contributed by atoms with E-state index in [1.807, 2.05) is 0 Å². The molecule has 42 heavy (non-hydrogen) atoms. The van der Waals surface area contributed by atoms with Gasteiger partial charge in [0, 0.05) is 23.0 Å².